The number of hydrogen-bond acceptors (Lipinski definition) is 3. The maximum absolute atomic E-state index is 12.4. The van der Waals surface area contributed by atoms with Crippen LogP contribution in [0.3, 0.4) is 0 Å². The summed E-state index contributed by atoms with van der Waals surface area (Å²) in [6, 6.07) is 6.64. The van der Waals surface area contributed by atoms with E-state index in [0.29, 0.717) is 17.2 Å². The van der Waals surface area contributed by atoms with Crippen LogP contribution in [0.15, 0.2) is 36.9 Å². The SMILES string of the molecule is C=CC1CCN(C(=O)c2cccc(OCC(=O)O)c2)CC1. The Hall–Kier alpha value is -2.30. The van der Waals surface area contributed by atoms with E-state index in [2.05, 4.69) is 6.58 Å². The largest absolute Gasteiger partial charge is 0.482 e. The molecule has 1 heterocycles. The van der Waals surface area contributed by atoms with Crippen molar-refractivity contribution in [2.75, 3.05) is 19.7 Å². The van der Waals surface area contributed by atoms with E-state index in [9.17, 15) is 9.59 Å². The lowest BCUT2D eigenvalue weighted by Crippen LogP contribution is -2.38. The molecule has 0 bridgehead atoms. The lowest BCUT2D eigenvalue weighted by Gasteiger charge is -2.30. The van der Waals surface area contributed by atoms with Crippen LogP contribution in [0.25, 0.3) is 0 Å². The first-order valence-corrected chi connectivity index (χ1v) is 6.96. The molecule has 2 rings (SSSR count). The second kappa shape index (κ2) is 6.92. The van der Waals surface area contributed by atoms with Crippen molar-refractivity contribution in [1.29, 1.82) is 0 Å². The van der Waals surface area contributed by atoms with Crippen LogP contribution < -0.4 is 4.74 Å². The van der Waals surface area contributed by atoms with Gasteiger partial charge in [0.25, 0.3) is 5.91 Å². The molecule has 0 saturated carbocycles. The zero-order valence-electron chi connectivity index (χ0n) is 11.8. The molecule has 112 valence electrons. The van der Waals surface area contributed by atoms with Crippen molar-refractivity contribution >= 4 is 11.9 Å². The fourth-order valence-corrected chi connectivity index (χ4v) is 2.38. The summed E-state index contributed by atoms with van der Waals surface area (Å²) in [7, 11) is 0. The molecule has 1 N–H and O–H groups in total. The second-order valence-corrected chi connectivity index (χ2v) is 5.08. The predicted octanol–water partition coefficient (Wildman–Crippen LogP) is 2.19. The molecule has 0 aromatic heterocycles. The van der Waals surface area contributed by atoms with E-state index in [1.165, 1.54) is 0 Å². The minimum Gasteiger partial charge on any atom is -0.482 e. The van der Waals surface area contributed by atoms with E-state index in [0.717, 1.165) is 25.9 Å². The third-order valence-electron chi connectivity index (χ3n) is 3.60. The van der Waals surface area contributed by atoms with E-state index in [4.69, 9.17) is 9.84 Å². The maximum Gasteiger partial charge on any atom is 0.341 e. The van der Waals surface area contributed by atoms with Crippen LogP contribution in [0.1, 0.15) is 23.2 Å². The molecular weight excluding hydrogens is 270 g/mol. The average Bonchev–Trinajstić information content (AvgIpc) is 2.52. The smallest absolute Gasteiger partial charge is 0.341 e. The molecule has 1 aromatic carbocycles. The second-order valence-electron chi connectivity index (χ2n) is 5.08. The number of benzene rings is 1. The van der Waals surface area contributed by atoms with Crippen molar-refractivity contribution in [3.63, 3.8) is 0 Å². The van der Waals surface area contributed by atoms with E-state index in [1.807, 2.05) is 11.0 Å². The molecule has 1 aliphatic heterocycles. The zero-order chi connectivity index (χ0) is 15.2. The number of carboxylic acids is 1. The molecule has 1 aromatic rings. The number of nitrogens with zero attached hydrogens (tertiary/aromatic N) is 1. The van der Waals surface area contributed by atoms with Crippen LogP contribution in [-0.4, -0.2) is 41.6 Å². The van der Waals surface area contributed by atoms with Crippen LogP contribution in [0.5, 0.6) is 5.75 Å². The fourth-order valence-electron chi connectivity index (χ4n) is 2.38. The summed E-state index contributed by atoms with van der Waals surface area (Å²) >= 11 is 0. The first-order chi connectivity index (χ1) is 10.1. The first-order valence-electron chi connectivity index (χ1n) is 6.96. The van der Waals surface area contributed by atoms with Crippen molar-refractivity contribution in [2.45, 2.75) is 12.8 Å². The summed E-state index contributed by atoms with van der Waals surface area (Å²) in [6.07, 6.45) is 3.82. The molecule has 1 aliphatic rings. The number of allylic oxidation sites excluding steroid dienone is 1. The monoisotopic (exact) mass is 289 g/mol. The van der Waals surface area contributed by atoms with E-state index in [-0.39, 0.29) is 5.91 Å². The summed E-state index contributed by atoms with van der Waals surface area (Å²) in [4.78, 5) is 24.7. The van der Waals surface area contributed by atoms with Gasteiger partial charge in [-0.2, -0.15) is 0 Å². The molecule has 5 heteroatoms. The Kier molecular flexibility index (Phi) is 4.98. The van der Waals surface area contributed by atoms with Crippen LogP contribution >= 0.6 is 0 Å². The summed E-state index contributed by atoms with van der Waals surface area (Å²) in [6.45, 7) is 4.81. The van der Waals surface area contributed by atoms with Gasteiger partial charge in [-0.3, -0.25) is 4.79 Å². The molecule has 1 fully saturated rings. The number of aliphatic carboxylic acids is 1. The van der Waals surface area contributed by atoms with Crippen LogP contribution in [0.2, 0.25) is 0 Å². The number of likely N-dealkylation sites (tertiary alicyclic amines) is 1. The number of rotatable bonds is 5. The summed E-state index contributed by atoms with van der Waals surface area (Å²) < 4.78 is 5.10. The van der Waals surface area contributed by atoms with Gasteiger partial charge in [-0.05, 0) is 37.0 Å². The lowest BCUT2D eigenvalue weighted by atomic mass is 9.96. The maximum atomic E-state index is 12.4. The van der Waals surface area contributed by atoms with Crippen molar-refractivity contribution in [3.05, 3.63) is 42.5 Å². The first kappa shape index (κ1) is 15.1. The summed E-state index contributed by atoms with van der Waals surface area (Å²) in [5.41, 5.74) is 0.523. The van der Waals surface area contributed by atoms with Crippen molar-refractivity contribution < 1.29 is 19.4 Å². The van der Waals surface area contributed by atoms with E-state index >= 15 is 0 Å². The zero-order valence-corrected chi connectivity index (χ0v) is 11.8. The lowest BCUT2D eigenvalue weighted by molar-refractivity contribution is -0.139. The van der Waals surface area contributed by atoms with Gasteiger partial charge in [0.15, 0.2) is 6.61 Å². The van der Waals surface area contributed by atoms with Crippen molar-refractivity contribution in [1.82, 2.24) is 4.90 Å². The minimum absolute atomic E-state index is 0.0433. The molecule has 1 amide bonds. The van der Waals surface area contributed by atoms with Crippen LogP contribution in [0.4, 0.5) is 0 Å². The van der Waals surface area contributed by atoms with E-state index in [1.54, 1.807) is 24.3 Å². The third-order valence-corrected chi connectivity index (χ3v) is 3.60. The quantitative estimate of drug-likeness (QED) is 0.844. The molecule has 0 radical (unpaired) electrons. The Morgan fingerprint density at radius 3 is 2.71 bits per heavy atom. The Morgan fingerprint density at radius 2 is 2.10 bits per heavy atom. The topological polar surface area (TPSA) is 66.8 Å². The number of carbonyl (C=O) groups excluding carboxylic acids is 1. The molecule has 21 heavy (non-hydrogen) atoms. The van der Waals surface area contributed by atoms with Gasteiger partial charge in [-0.25, -0.2) is 4.79 Å². The van der Waals surface area contributed by atoms with Gasteiger partial charge in [-0.1, -0.05) is 12.1 Å². The van der Waals surface area contributed by atoms with Crippen molar-refractivity contribution in [3.8, 4) is 5.75 Å². The van der Waals surface area contributed by atoms with Gasteiger partial charge in [-0.15, -0.1) is 6.58 Å². The highest BCUT2D eigenvalue weighted by Gasteiger charge is 2.22. The van der Waals surface area contributed by atoms with Gasteiger partial charge < -0.3 is 14.7 Å². The molecule has 0 unspecified atom stereocenters. The standard InChI is InChI=1S/C16H19NO4/c1-2-12-6-8-17(9-7-12)16(20)13-4-3-5-14(10-13)21-11-15(18)19/h2-5,10,12H,1,6-9,11H2,(H,18,19). The van der Waals surface area contributed by atoms with Gasteiger partial charge in [0.2, 0.25) is 0 Å². The third kappa shape index (κ3) is 4.08. The highest BCUT2D eigenvalue weighted by atomic mass is 16.5. The van der Waals surface area contributed by atoms with Crippen molar-refractivity contribution in [2.24, 2.45) is 5.92 Å². The molecule has 5 nitrogen and oxygen atoms in total. The number of hydrogen-bond donors (Lipinski definition) is 1. The average molecular weight is 289 g/mol. The Bertz CT molecular complexity index is 533. The van der Waals surface area contributed by atoms with Crippen LogP contribution in [-0.2, 0) is 4.79 Å². The van der Waals surface area contributed by atoms with E-state index < -0.39 is 12.6 Å². The normalized spacial score (nSPS) is 15.5. The molecule has 0 atom stereocenters. The minimum atomic E-state index is -1.04. The molecule has 0 spiro atoms. The van der Waals surface area contributed by atoms with Gasteiger partial charge in [0, 0.05) is 18.7 Å². The predicted molar refractivity (Wildman–Crippen MR) is 78.4 cm³/mol. The molecular formula is C16H19NO4. The molecule has 1 saturated heterocycles. The number of carbonyl (C=O) groups is 2. The van der Waals surface area contributed by atoms with Gasteiger partial charge >= 0.3 is 5.97 Å². The highest BCUT2D eigenvalue weighted by Crippen LogP contribution is 2.21. The number of piperidine rings is 1. The number of amides is 1. The van der Waals surface area contributed by atoms with Gasteiger partial charge in [0.05, 0.1) is 0 Å². The summed E-state index contributed by atoms with van der Waals surface area (Å²) in [5, 5.41) is 8.60. The Labute approximate surface area is 123 Å². The fraction of sp³-hybridized carbons (Fsp3) is 0.375. The van der Waals surface area contributed by atoms with Gasteiger partial charge in [0.1, 0.15) is 5.75 Å². The number of ether oxygens (including phenoxy) is 1. The Balaban J connectivity index is 2.00. The Morgan fingerprint density at radius 1 is 1.38 bits per heavy atom. The summed E-state index contributed by atoms with van der Waals surface area (Å²) in [5.74, 6) is -0.208. The highest BCUT2D eigenvalue weighted by molar-refractivity contribution is 5.94. The van der Waals surface area contributed by atoms with Crippen LogP contribution in [0, 0.1) is 5.92 Å². The molecule has 0 aliphatic carbocycles. The number of carboxylic acid groups (broad SMARTS) is 1.